The van der Waals surface area contributed by atoms with Crippen LogP contribution >= 0.6 is 0 Å². The van der Waals surface area contributed by atoms with Crippen molar-refractivity contribution < 1.29 is 18.0 Å². The van der Waals surface area contributed by atoms with Crippen molar-refractivity contribution in [2.45, 2.75) is 38.0 Å². The fourth-order valence-corrected chi connectivity index (χ4v) is 3.65. The molecule has 9 heteroatoms. The Bertz CT molecular complexity index is 1160. The van der Waals surface area contributed by atoms with E-state index in [9.17, 15) is 18.0 Å². The van der Waals surface area contributed by atoms with Crippen LogP contribution < -0.4 is 5.32 Å². The molecule has 0 fully saturated rings. The molecule has 0 bridgehead atoms. The first-order valence-corrected chi connectivity index (χ1v) is 9.77. The number of aryl methyl sites for hydroxylation is 1. The quantitative estimate of drug-likeness (QED) is 0.670. The minimum Gasteiger partial charge on any atom is -0.344 e. The molecule has 1 aromatic carbocycles. The summed E-state index contributed by atoms with van der Waals surface area (Å²) in [6.07, 6.45) is -1.03. The summed E-state index contributed by atoms with van der Waals surface area (Å²) >= 11 is 0. The first kappa shape index (κ1) is 20.6. The Morgan fingerprint density at radius 3 is 2.81 bits per heavy atom. The van der Waals surface area contributed by atoms with Crippen molar-refractivity contribution in [1.29, 1.82) is 5.26 Å². The molecular formula is C22H18F3N5O. The van der Waals surface area contributed by atoms with Gasteiger partial charge in [-0.2, -0.15) is 23.5 Å². The predicted molar refractivity (Wildman–Crippen MR) is 106 cm³/mol. The zero-order valence-corrected chi connectivity index (χ0v) is 16.4. The smallest absolute Gasteiger partial charge is 0.344 e. The Morgan fingerprint density at radius 1 is 1.19 bits per heavy atom. The molecule has 1 amide bonds. The maximum absolute atomic E-state index is 13.0. The Kier molecular flexibility index (Phi) is 5.46. The van der Waals surface area contributed by atoms with Crippen LogP contribution in [0.15, 0.2) is 48.7 Å². The summed E-state index contributed by atoms with van der Waals surface area (Å²) in [5.41, 5.74) is 1.24. The van der Waals surface area contributed by atoms with Gasteiger partial charge in [0.1, 0.15) is 5.69 Å². The van der Waals surface area contributed by atoms with Crippen LogP contribution in [-0.4, -0.2) is 20.7 Å². The Hall–Kier alpha value is -3.67. The highest BCUT2D eigenvalue weighted by atomic mass is 19.4. The normalized spacial score (nSPS) is 16.1. The third-order valence-electron chi connectivity index (χ3n) is 5.19. The highest BCUT2D eigenvalue weighted by molar-refractivity contribution is 5.94. The number of amides is 1. The minimum atomic E-state index is -4.54. The second-order valence-electron chi connectivity index (χ2n) is 7.32. The summed E-state index contributed by atoms with van der Waals surface area (Å²) in [4.78, 5) is 16.1. The molecule has 3 aromatic rings. The maximum Gasteiger partial charge on any atom is 0.433 e. The molecule has 1 atom stereocenters. The molecule has 31 heavy (non-hydrogen) atoms. The van der Waals surface area contributed by atoms with Crippen molar-refractivity contribution in [2.75, 3.05) is 0 Å². The molecule has 0 radical (unpaired) electrons. The van der Waals surface area contributed by atoms with Gasteiger partial charge < -0.3 is 5.32 Å². The van der Waals surface area contributed by atoms with Crippen LogP contribution in [0.2, 0.25) is 0 Å². The highest BCUT2D eigenvalue weighted by Crippen LogP contribution is 2.32. The number of alkyl halides is 3. The van der Waals surface area contributed by atoms with E-state index in [4.69, 9.17) is 5.26 Å². The van der Waals surface area contributed by atoms with Gasteiger partial charge in [-0.25, -0.2) is 0 Å². The van der Waals surface area contributed by atoms with Gasteiger partial charge in [-0.1, -0.05) is 6.07 Å². The SMILES string of the molecule is N#Cc1cccc(C(=O)N[C@@H]2CCCCn3nc(-c4ccnc(C(F)(F)F)c4)cc32)c1. The Morgan fingerprint density at radius 2 is 2.03 bits per heavy atom. The predicted octanol–water partition coefficient (Wildman–Crippen LogP) is 4.49. The lowest BCUT2D eigenvalue weighted by molar-refractivity contribution is -0.141. The average Bonchev–Trinajstić information content (AvgIpc) is 3.11. The largest absolute Gasteiger partial charge is 0.433 e. The van der Waals surface area contributed by atoms with Crippen molar-refractivity contribution in [3.05, 3.63) is 71.2 Å². The molecule has 1 aliphatic rings. The van der Waals surface area contributed by atoms with Crippen molar-refractivity contribution in [3.8, 4) is 17.3 Å². The second kappa shape index (κ2) is 8.22. The summed E-state index contributed by atoms with van der Waals surface area (Å²) in [6.45, 7) is 0.614. The van der Waals surface area contributed by atoms with Crippen molar-refractivity contribution in [3.63, 3.8) is 0 Å². The molecular weight excluding hydrogens is 407 g/mol. The standard InChI is InChI=1S/C22H18F3N5O/c23-22(24,25)20-11-15(7-8-27-20)18-12-19-17(6-1-2-9-30(19)29-18)28-21(31)16-5-3-4-14(10-16)13-26/h3-5,7-8,10-12,17H,1-2,6,9H2,(H,28,31)/t17-/m1/s1. The highest BCUT2D eigenvalue weighted by Gasteiger charge is 2.33. The third kappa shape index (κ3) is 4.43. The topological polar surface area (TPSA) is 83.6 Å². The lowest BCUT2D eigenvalue weighted by Gasteiger charge is -2.17. The maximum atomic E-state index is 13.0. The van der Waals surface area contributed by atoms with Gasteiger partial charge >= 0.3 is 6.18 Å². The number of nitrogens with zero attached hydrogens (tertiary/aromatic N) is 4. The van der Waals surface area contributed by atoms with E-state index in [1.54, 1.807) is 28.9 Å². The van der Waals surface area contributed by atoms with E-state index in [2.05, 4.69) is 15.4 Å². The second-order valence-corrected chi connectivity index (χ2v) is 7.32. The Labute approximate surface area is 176 Å². The van der Waals surface area contributed by atoms with Crippen LogP contribution in [0.25, 0.3) is 11.3 Å². The van der Waals surface area contributed by atoms with E-state index in [1.807, 2.05) is 6.07 Å². The molecule has 158 valence electrons. The van der Waals surface area contributed by atoms with Gasteiger partial charge in [0.05, 0.1) is 29.1 Å². The molecule has 0 unspecified atom stereocenters. The van der Waals surface area contributed by atoms with Crippen LogP contribution in [0.4, 0.5) is 13.2 Å². The molecule has 2 aromatic heterocycles. The minimum absolute atomic E-state index is 0.315. The first-order chi connectivity index (χ1) is 14.8. The van der Waals surface area contributed by atoms with Crippen molar-refractivity contribution in [1.82, 2.24) is 20.1 Å². The monoisotopic (exact) mass is 425 g/mol. The number of rotatable bonds is 3. The van der Waals surface area contributed by atoms with Gasteiger partial charge in [-0.15, -0.1) is 0 Å². The van der Waals surface area contributed by atoms with Crippen LogP contribution in [0.1, 0.15) is 52.6 Å². The number of halogens is 3. The fourth-order valence-electron chi connectivity index (χ4n) is 3.65. The summed E-state index contributed by atoms with van der Waals surface area (Å²) in [6, 6.07) is 12.3. The molecule has 0 saturated heterocycles. The van der Waals surface area contributed by atoms with Crippen molar-refractivity contribution in [2.24, 2.45) is 0 Å². The van der Waals surface area contributed by atoms with E-state index in [1.165, 1.54) is 12.1 Å². The van der Waals surface area contributed by atoms with Crippen molar-refractivity contribution >= 4 is 5.91 Å². The van der Waals surface area contributed by atoms with Crippen LogP contribution in [0.3, 0.4) is 0 Å². The number of fused-ring (bicyclic) bond motifs is 1. The summed E-state index contributed by atoms with van der Waals surface area (Å²) < 4.78 is 40.8. The number of nitrogens with one attached hydrogen (secondary N) is 1. The van der Waals surface area contributed by atoms with Gasteiger partial charge in [0.25, 0.3) is 5.91 Å². The van der Waals surface area contributed by atoms with Crippen LogP contribution in [-0.2, 0) is 12.7 Å². The van der Waals surface area contributed by atoms with Gasteiger partial charge in [0, 0.05) is 23.9 Å². The van der Waals surface area contributed by atoms with E-state index in [0.717, 1.165) is 30.8 Å². The lowest BCUT2D eigenvalue weighted by Crippen LogP contribution is -2.29. The number of aromatic nitrogens is 3. The zero-order chi connectivity index (χ0) is 22.0. The van der Waals surface area contributed by atoms with E-state index >= 15 is 0 Å². The van der Waals surface area contributed by atoms with E-state index in [-0.39, 0.29) is 11.9 Å². The van der Waals surface area contributed by atoms with Crippen LogP contribution in [0, 0.1) is 11.3 Å². The molecule has 1 N–H and O–H groups in total. The lowest BCUT2D eigenvalue weighted by atomic mass is 10.0. The number of nitriles is 1. The summed E-state index contributed by atoms with van der Waals surface area (Å²) in [5, 5.41) is 16.5. The molecule has 0 spiro atoms. The number of pyridine rings is 1. The van der Waals surface area contributed by atoms with Gasteiger partial charge in [0.15, 0.2) is 0 Å². The van der Waals surface area contributed by atoms with E-state index < -0.39 is 11.9 Å². The summed E-state index contributed by atoms with van der Waals surface area (Å²) in [7, 11) is 0. The molecule has 0 aliphatic carbocycles. The van der Waals surface area contributed by atoms with Crippen LogP contribution in [0.5, 0.6) is 0 Å². The molecule has 3 heterocycles. The summed E-state index contributed by atoms with van der Waals surface area (Å²) in [5.74, 6) is -0.318. The third-order valence-corrected chi connectivity index (χ3v) is 5.19. The number of hydrogen-bond acceptors (Lipinski definition) is 4. The Balaban J connectivity index is 1.63. The molecule has 1 aliphatic heterocycles. The number of hydrogen-bond donors (Lipinski definition) is 1. The van der Waals surface area contributed by atoms with E-state index in [0.29, 0.717) is 35.3 Å². The fraction of sp³-hybridized carbons (Fsp3) is 0.273. The molecule has 4 rings (SSSR count). The average molecular weight is 425 g/mol. The zero-order valence-electron chi connectivity index (χ0n) is 16.4. The first-order valence-electron chi connectivity index (χ1n) is 9.77. The molecule has 6 nitrogen and oxygen atoms in total. The number of carbonyl (C=O) groups is 1. The van der Waals surface area contributed by atoms with Gasteiger partial charge in [0.2, 0.25) is 0 Å². The number of carbonyl (C=O) groups excluding carboxylic acids is 1. The van der Waals surface area contributed by atoms with Gasteiger partial charge in [-0.3, -0.25) is 14.5 Å². The number of benzene rings is 1. The van der Waals surface area contributed by atoms with Gasteiger partial charge in [-0.05, 0) is 55.7 Å². The molecule has 0 saturated carbocycles.